The quantitative estimate of drug-likeness (QED) is 0.313. The van der Waals surface area contributed by atoms with E-state index in [9.17, 15) is 18.0 Å². The Morgan fingerprint density at radius 1 is 1.12 bits per heavy atom. The van der Waals surface area contributed by atoms with Gasteiger partial charge in [-0.3, -0.25) is 9.89 Å². The van der Waals surface area contributed by atoms with Gasteiger partial charge in [0.25, 0.3) is 0 Å². The van der Waals surface area contributed by atoms with Gasteiger partial charge in [0, 0.05) is 52.9 Å². The number of nitrogens with one attached hydrogen (secondary N) is 1. The van der Waals surface area contributed by atoms with Crippen molar-refractivity contribution in [3.63, 3.8) is 0 Å². The highest BCUT2D eigenvalue weighted by Gasteiger charge is 2.41. The van der Waals surface area contributed by atoms with E-state index in [-0.39, 0.29) is 30.1 Å². The summed E-state index contributed by atoms with van der Waals surface area (Å²) in [7, 11) is 1.69. The molecule has 32 heavy (non-hydrogen) atoms. The number of aliphatic imine (C=N–C) groups is 1. The second-order valence-corrected chi connectivity index (χ2v) is 9.44. The number of carbonyl (C=O) groups is 1. The monoisotopic (exact) mass is 577 g/mol. The number of ether oxygens (including phenoxy) is 1. The predicted molar refractivity (Wildman–Crippen MR) is 131 cm³/mol. The van der Waals surface area contributed by atoms with Gasteiger partial charge in [-0.15, -0.1) is 24.0 Å². The van der Waals surface area contributed by atoms with Crippen LogP contribution in [-0.4, -0.2) is 97.4 Å². The highest BCUT2D eigenvalue weighted by Crippen LogP contribution is 2.25. The van der Waals surface area contributed by atoms with Gasteiger partial charge in [0.15, 0.2) is 5.96 Å². The summed E-state index contributed by atoms with van der Waals surface area (Å²) in [5.74, 6) is 1.11. The normalized spacial score (nSPS) is 22.2. The maximum atomic E-state index is 12.9. The van der Waals surface area contributed by atoms with E-state index in [4.69, 9.17) is 4.74 Å². The molecule has 0 aliphatic carbocycles. The van der Waals surface area contributed by atoms with E-state index >= 15 is 0 Å². The van der Waals surface area contributed by atoms with Gasteiger partial charge in [0.2, 0.25) is 0 Å². The molecule has 2 fully saturated rings. The number of piperazine rings is 1. The molecule has 0 aromatic rings. The molecule has 2 saturated heterocycles. The Labute approximate surface area is 207 Å². The molecule has 11 heteroatoms. The first kappa shape index (κ1) is 29.1. The minimum absolute atomic E-state index is 0. The molecule has 7 nitrogen and oxygen atoms in total. The molecule has 2 aliphatic rings. The van der Waals surface area contributed by atoms with Crippen LogP contribution in [0.4, 0.5) is 18.0 Å². The van der Waals surface area contributed by atoms with Crippen LogP contribution in [0.3, 0.4) is 0 Å². The summed E-state index contributed by atoms with van der Waals surface area (Å²) in [6, 6.07) is -1.43. The fourth-order valence-corrected chi connectivity index (χ4v) is 4.04. The lowest BCUT2D eigenvalue weighted by Crippen LogP contribution is -2.56. The minimum atomic E-state index is -4.20. The number of nitrogens with zero attached hydrogens (tertiary/aromatic N) is 4. The summed E-state index contributed by atoms with van der Waals surface area (Å²) in [5, 5.41) is 3.34. The van der Waals surface area contributed by atoms with E-state index in [1.54, 1.807) is 11.9 Å². The van der Waals surface area contributed by atoms with Gasteiger partial charge in [-0.25, -0.2) is 4.79 Å². The summed E-state index contributed by atoms with van der Waals surface area (Å²) in [5.41, 5.74) is -0.500. The Morgan fingerprint density at radius 2 is 1.75 bits per heavy atom. The van der Waals surface area contributed by atoms with Crippen molar-refractivity contribution in [2.75, 3.05) is 52.9 Å². The highest BCUT2D eigenvalue weighted by molar-refractivity contribution is 14.0. The lowest BCUT2D eigenvalue weighted by Gasteiger charge is -2.39. The molecule has 1 amide bonds. The maximum absolute atomic E-state index is 12.9. The number of hydrogen-bond donors (Lipinski definition) is 1. The first-order valence-corrected chi connectivity index (χ1v) is 11.1. The summed E-state index contributed by atoms with van der Waals surface area (Å²) in [6.07, 6.45) is -1.54. The molecule has 0 aromatic carbocycles. The zero-order valence-electron chi connectivity index (χ0n) is 19.9. The molecule has 2 atom stereocenters. The Morgan fingerprint density at radius 3 is 2.28 bits per heavy atom. The van der Waals surface area contributed by atoms with E-state index in [0.29, 0.717) is 45.2 Å². The Bertz CT molecular complexity index is 620. The third kappa shape index (κ3) is 9.11. The molecule has 2 aliphatic heterocycles. The van der Waals surface area contributed by atoms with Crippen LogP contribution in [0.25, 0.3) is 0 Å². The molecule has 0 bridgehead atoms. The number of carbonyl (C=O) groups excluding carboxylic acids is 1. The van der Waals surface area contributed by atoms with Crippen molar-refractivity contribution < 1.29 is 22.7 Å². The average molecular weight is 577 g/mol. The number of alkyl halides is 3. The molecule has 2 rings (SSSR count). The van der Waals surface area contributed by atoms with Crippen LogP contribution in [0.15, 0.2) is 4.99 Å². The van der Waals surface area contributed by atoms with Gasteiger partial charge in [-0.05, 0) is 52.9 Å². The summed E-state index contributed by atoms with van der Waals surface area (Å²) in [6.45, 7) is 10.7. The van der Waals surface area contributed by atoms with Crippen LogP contribution < -0.4 is 5.32 Å². The smallest absolute Gasteiger partial charge is 0.410 e. The van der Waals surface area contributed by atoms with Crippen molar-refractivity contribution in [3.05, 3.63) is 0 Å². The van der Waals surface area contributed by atoms with Crippen molar-refractivity contribution in [1.29, 1.82) is 0 Å². The van der Waals surface area contributed by atoms with E-state index < -0.39 is 17.8 Å². The van der Waals surface area contributed by atoms with Crippen molar-refractivity contribution in [2.45, 2.75) is 64.8 Å². The second-order valence-electron chi connectivity index (χ2n) is 9.44. The molecule has 0 saturated carbocycles. The maximum Gasteiger partial charge on any atom is 0.410 e. The van der Waals surface area contributed by atoms with Crippen molar-refractivity contribution in [1.82, 2.24) is 20.0 Å². The van der Waals surface area contributed by atoms with Crippen LogP contribution in [0.2, 0.25) is 0 Å². The lowest BCUT2D eigenvalue weighted by atomic mass is 9.95. The van der Waals surface area contributed by atoms with Crippen molar-refractivity contribution >= 4 is 36.0 Å². The predicted octanol–water partition coefficient (Wildman–Crippen LogP) is 3.79. The third-order valence-corrected chi connectivity index (χ3v) is 5.85. The van der Waals surface area contributed by atoms with Gasteiger partial charge >= 0.3 is 12.3 Å². The van der Waals surface area contributed by atoms with Gasteiger partial charge < -0.3 is 19.9 Å². The number of likely N-dealkylation sites (tertiary alicyclic amines) is 1. The zero-order valence-corrected chi connectivity index (χ0v) is 22.2. The molecule has 2 unspecified atom stereocenters. The fourth-order valence-electron chi connectivity index (χ4n) is 4.04. The molecule has 0 radical (unpaired) electrons. The fraction of sp³-hybridized carbons (Fsp3) is 0.905. The number of guanidine groups is 1. The van der Waals surface area contributed by atoms with E-state index in [1.807, 2.05) is 25.7 Å². The van der Waals surface area contributed by atoms with Crippen LogP contribution in [0, 0.1) is 5.92 Å². The number of amides is 1. The Hall–Kier alpha value is -0.980. The number of hydrogen-bond acceptors (Lipinski definition) is 4. The average Bonchev–Trinajstić information content (AvgIpc) is 2.69. The van der Waals surface area contributed by atoms with E-state index in [0.717, 1.165) is 31.8 Å². The van der Waals surface area contributed by atoms with Crippen molar-refractivity contribution in [2.24, 2.45) is 10.9 Å². The molecule has 0 spiro atoms. The van der Waals surface area contributed by atoms with Crippen LogP contribution in [-0.2, 0) is 4.74 Å². The first-order valence-electron chi connectivity index (χ1n) is 11.1. The van der Waals surface area contributed by atoms with Crippen LogP contribution in [0.5, 0.6) is 0 Å². The number of piperidine rings is 1. The van der Waals surface area contributed by atoms with Crippen LogP contribution in [0.1, 0.15) is 47.0 Å². The van der Waals surface area contributed by atoms with Crippen LogP contribution >= 0.6 is 24.0 Å². The van der Waals surface area contributed by atoms with Gasteiger partial charge in [0.1, 0.15) is 11.6 Å². The van der Waals surface area contributed by atoms with Crippen molar-refractivity contribution in [3.8, 4) is 0 Å². The number of rotatable bonds is 4. The van der Waals surface area contributed by atoms with E-state index in [1.165, 1.54) is 11.8 Å². The summed E-state index contributed by atoms with van der Waals surface area (Å²) >= 11 is 0. The highest BCUT2D eigenvalue weighted by atomic mass is 127. The standard InChI is InChI=1S/C21H38F3N5O2.HI/c1-16(21(22,23)24)27-11-13-28(14-12-27)18(25-5)26-9-8-17-7-6-10-29(15-17)19(30)31-20(2,3)4;/h16-17H,6-15H2,1-5H3,(H,25,26);1H. The van der Waals surface area contributed by atoms with Gasteiger partial charge in [0.05, 0.1) is 0 Å². The topological polar surface area (TPSA) is 60.4 Å². The first-order chi connectivity index (χ1) is 14.4. The zero-order chi connectivity index (χ0) is 23.2. The van der Waals surface area contributed by atoms with Gasteiger partial charge in [-0.1, -0.05) is 0 Å². The molecule has 188 valence electrons. The SMILES string of the molecule is CN=C(NCCC1CCCN(C(=O)OC(C)(C)C)C1)N1CCN(C(C)C(F)(F)F)CC1.I. The van der Waals surface area contributed by atoms with E-state index in [2.05, 4.69) is 10.3 Å². The second kappa shape index (κ2) is 12.5. The molecule has 2 heterocycles. The molecule has 1 N–H and O–H groups in total. The van der Waals surface area contributed by atoms with Gasteiger partial charge in [-0.2, -0.15) is 13.2 Å². The summed E-state index contributed by atoms with van der Waals surface area (Å²) in [4.78, 5) is 21.9. The minimum Gasteiger partial charge on any atom is -0.444 e. The molecular formula is C21H39F3IN5O2. The Kier molecular flexibility index (Phi) is 11.3. The Balaban J connectivity index is 0.00000512. The third-order valence-electron chi connectivity index (χ3n) is 5.85. The molecule has 0 aromatic heterocycles. The number of halogens is 4. The lowest BCUT2D eigenvalue weighted by molar-refractivity contribution is -0.181. The molecular weight excluding hydrogens is 538 g/mol. The summed E-state index contributed by atoms with van der Waals surface area (Å²) < 4.78 is 44.3. The largest absolute Gasteiger partial charge is 0.444 e.